The molecule has 8 nitrogen and oxygen atoms in total. The Morgan fingerprint density at radius 2 is 1.90 bits per heavy atom. The quantitative estimate of drug-likeness (QED) is 0.417. The zero-order valence-corrected chi connectivity index (χ0v) is 11.3. The van der Waals surface area contributed by atoms with Crippen LogP contribution in [0.2, 0.25) is 5.15 Å². The van der Waals surface area contributed by atoms with Crippen LogP contribution in [0.5, 0.6) is 0 Å². The molecular formula is C12H10ClN7O. The number of aromatic nitrogens is 4. The van der Waals surface area contributed by atoms with E-state index in [4.69, 9.17) is 23.1 Å². The van der Waals surface area contributed by atoms with E-state index in [2.05, 4.69) is 25.3 Å². The molecule has 0 bridgehead atoms. The normalized spacial score (nSPS) is 10.7. The Bertz CT molecular complexity index is 824. The Balaban J connectivity index is 1.92. The van der Waals surface area contributed by atoms with Crippen molar-refractivity contribution in [2.24, 2.45) is 0 Å². The van der Waals surface area contributed by atoms with Crippen LogP contribution in [0.25, 0.3) is 11.2 Å². The largest absolute Gasteiger partial charge is 0.399 e. The number of aromatic amines is 1. The van der Waals surface area contributed by atoms with Gasteiger partial charge >= 0.3 is 0 Å². The van der Waals surface area contributed by atoms with E-state index in [9.17, 15) is 4.79 Å². The molecule has 0 aliphatic heterocycles. The number of nitrogens with zero attached hydrogens (tertiary/aromatic N) is 3. The second-order valence-corrected chi connectivity index (χ2v) is 4.64. The molecular weight excluding hydrogens is 294 g/mol. The molecule has 2 aromatic heterocycles. The number of carbonyl (C=O) groups excluding carboxylic acids is 1. The third-order valence-electron chi connectivity index (χ3n) is 2.71. The van der Waals surface area contributed by atoms with Gasteiger partial charge in [-0.05, 0) is 18.2 Å². The predicted molar refractivity (Wildman–Crippen MR) is 79.9 cm³/mol. The zero-order valence-electron chi connectivity index (χ0n) is 10.6. The van der Waals surface area contributed by atoms with E-state index in [1.165, 1.54) is 18.5 Å². The average molecular weight is 304 g/mol. The van der Waals surface area contributed by atoms with Crippen molar-refractivity contribution >= 4 is 46.0 Å². The van der Waals surface area contributed by atoms with Crippen LogP contribution in [0, 0.1) is 0 Å². The Kier molecular flexibility index (Phi) is 3.07. The number of hydrogen-bond acceptors (Lipinski definition) is 6. The first-order chi connectivity index (χ1) is 10.0. The van der Waals surface area contributed by atoms with Gasteiger partial charge < -0.3 is 16.5 Å². The molecule has 0 unspecified atom stereocenters. The Morgan fingerprint density at radius 3 is 2.62 bits per heavy atom. The van der Waals surface area contributed by atoms with E-state index in [0.717, 1.165) is 0 Å². The molecule has 0 spiro atoms. The van der Waals surface area contributed by atoms with Crippen LogP contribution in [0.4, 0.5) is 17.3 Å². The summed E-state index contributed by atoms with van der Waals surface area (Å²) in [5, 5.41) is 2.69. The predicted octanol–water partition coefficient (Wildman–Crippen LogP) is 1.42. The van der Waals surface area contributed by atoms with Crippen molar-refractivity contribution in [3.8, 4) is 0 Å². The third-order valence-corrected chi connectivity index (χ3v) is 2.98. The van der Waals surface area contributed by atoms with Crippen molar-refractivity contribution in [2.75, 3.05) is 16.8 Å². The van der Waals surface area contributed by atoms with E-state index in [0.29, 0.717) is 28.1 Å². The van der Waals surface area contributed by atoms with Gasteiger partial charge in [-0.3, -0.25) is 10.1 Å². The number of nitrogen functional groups attached to an aromatic ring is 2. The molecule has 3 aromatic rings. The van der Waals surface area contributed by atoms with Gasteiger partial charge in [0.1, 0.15) is 5.52 Å². The van der Waals surface area contributed by atoms with Crippen LogP contribution >= 0.6 is 11.6 Å². The van der Waals surface area contributed by atoms with Crippen molar-refractivity contribution in [2.45, 2.75) is 0 Å². The highest BCUT2D eigenvalue weighted by Gasteiger charge is 2.12. The molecule has 6 N–H and O–H groups in total. The number of rotatable bonds is 2. The van der Waals surface area contributed by atoms with Gasteiger partial charge in [0.25, 0.3) is 5.91 Å². The van der Waals surface area contributed by atoms with Crippen molar-refractivity contribution in [3.63, 3.8) is 0 Å². The van der Waals surface area contributed by atoms with Crippen molar-refractivity contribution in [1.29, 1.82) is 0 Å². The molecule has 0 saturated carbocycles. The smallest absolute Gasteiger partial charge is 0.258 e. The Morgan fingerprint density at radius 1 is 1.19 bits per heavy atom. The number of H-pyrrole nitrogens is 1. The number of anilines is 3. The van der Waals surface area contributed by atoms with Crippen LogP contribution in [0.3, 0.4) is 0 Å². The number of amides is 1. The average Bonchev–Trinajstić information content (AvgIpc) is 2.86. The molecule has 3 rings (SSSR count). The first-order valence-electron chi connectivity index (χ1n) is 5.87. The number of halogens is 1. The van der Waals surface area contributed by atoms with Crippen LogP contribution < -0.4 is 16.8 Å². The van der Waals surface area contributed by atoms with E-state index < -0.39 is 5.91 Å². The van der Waals surface area contributed by atoms with Crippen LogP contribution in [-0.4, -0.2) is 25.8 Å². The number of carbonyl (C=O) groups is 1. The maximum Gasteiger partial charge on any atom is 0.258 e. The number of nitrogens with two attached hydrogens (primary N) is 2. The molecule has 0 aliphatic carbocycles. The summed E-state index contributed by atoms with van der Waals surface area (Å²) in [7, 11) is 0. The molecule has 1 aromatic carbocycles. The first kappa shape index (κ1) is 13.1. The van der Waals surface area contributed by atoms with Crippen molar-refractivity contribution in [3.05, 3.63) is 35.2 Å². The lowest BCUT2D eigenvalue weighted by Gasteiger charge is -2.06. The maximum atomic E-state index is 12.1. The molecule has 9 heteroatoms. The topological polar surface area (TPSA) is 136 Å². The van der Waals surface area contributed by atoms with Crippen LogP contribution in [-0.2, 0) is 0 Å². The van der Waals surface area contributed by atoms with Gasteiger partial charge in [-0.1, -0.05) is 11.6 Å². The molecule has 0 saturated heterocycles. The number of nitrogens with one attached hydrogen (secondary N) is 2. The summed E-state index contributed by atoms with van der Waals surface area (Å²) >= 11 is 5.97. The molecule has 0 atom stereocenters. The molecule has 0 fully saturated rings. The molecule has 1 amide bonds. The van der Waals surface area contributed by atoms with E-state index in [1.54, 1.807) is 6.07 Å². The fourth-order valence-electron chi connectivity index (χ4n) is 1.84. The number of hydrogen-bond donors (Lipinski definition) is 4. The highest BCUT2D eigenvalue weighted by atomic mass is 35.5. The van der Waals surface area contributed by atoms with Crippen LogP contribution in [0.15, 0.2) is 24.5 Å². The van der Waals surface area contributed by atoms with Gasteiger partial charge in [-0.25, -0.2) is 4.98 Å². The lowest BCUT2D eigenvalue weighted by atomic mass is 10.1. The SMILES string of the molecule is Nc1cc(N)cc(C(=O)Nc2nc(Cl)c3[nH]cnc3n2)c1. The summed E-state index contributed by atoms with van der Waals surface area (Å²) in [6.45, 7) is 0. The fraction of sp³-hybridized carbons (Fsp3) is 0. The summed E-state index contributed by atoms with van der Waals surface area (Å²) in [5.41, 5.74) is 13.2. The second-order valence-electron chi connectivity index (χ2n) is 4.28. The summed E-state index contributed by atoms with van der Waals surface area (Å²) in [6.07, 6.45) is 1.44. The maximum absolute atomic E-state index is 12.1. The summed E-state index contributed by atoms with van der Waals surface area (Å²) in [4.78, 5) is 26.9. The van der Waals surface area contributed by atoms with Crippen LogP contribution in [0.1, 0.15) is 10.4 Å². The minimum Gasteiger partial charge on any atom is -0.399 e. The molecule has 21 heavy (non-hydrogen) atoms. The highest BCUT2D eigenvalue weighted by molar-refractivity contribution is 6.33. The minimum absolute atomic E-state index is 0.0468. The van der Waals surface area contributed by atoms with Gasteiger partial charge in [0.2, 0.25) is 5.95 Å². The lowest BCUT2D eigenvalue weighted by molar-refractivity contribution is 0.102. The van der Waals surface area contributed by atoms with Gasteiger partial charge in [-0.2, -0.15) is 9.97 Å². The molecule has 106 valence electrons. The fourth-order valence-corrected chi connectivity index (χ4v) is 2.05. The Hall–Kier alpha value is -2.87. The van der Waals surface area contributed by atoms with Gasteiger partial charge in [0.05, 0.1) is 6.33 Å². The first-order valence-corrected chi connectivity index (χ1v) is 6.25. The van der Waals surface area contributed by atoms with E-state index in [1.807, 2.05) is 0 Å². The highest BCUT2D eigenvalue weighted by Crippen LogP contribution is 2.19. The molecule has 0 aliphatic rings. The van der Waals surface area contributed by atoms with Crippen molar-refractivity contribution in [1.82, 2.24) is 19.9 Å². The standard InChI is InChI=1S/C12H10ClN7O/c13-9-8-10(17-4-16-8)19-12(18-9)20-11(21)5-1-6(14)3-7(15)2-5/h1-4H,14-15H2,(H2,16,17,18,19,20,21). The lowest BCUT2D eigenvalue weighted by Crippen LogP contribution is -2.15. The van der Waals surface area contributed by atoms with E-state index >= 15 is 0 Å². The summed E-state index contributed by atoms with van der Waals surface area (Å²) in [6, 6.07) is 4.56. The summed E-state index contributed by atoms with van der Waals surface area (Å²) < 4.78 is 0. The summed E-state index contributed by atoms with van der Waals surface area (Å²) in [5.74, 6) is -0.398. The van der Waals surface area contributed by atoms with Gasteiger partial charge in [0.15, 0.2) is 10.8 Å². The minimum atomic E-state index is -0.444. The molecule has 2 heterocycles. The van der Waals surface area contributed by atoms with Gasteiger partial charge in [0, 0.05) is 16.9 Å². The second kappa shape index (κ2) is 4.91. The van der Waals surface area contributed by atoms with Crippen molar-refractivity contribution < 1.29 is 4.79 Å². The number of fused-ring (bicyclic) bond motifs is 1. The monoisotopic (exact) mass is 303 g/mol. The third kappa shape index (κ3) is 2.56. The number of imidazole rings is 1. The number of benzene rings is 1. The Labute approximate surface area is 123 Å². The molecule has 0 radical (unpaired) electrons. The van der Waals surface area contributed by atoms with E-state index in [-0.39, 0.29) is 11.1 Å². The zero-order chi connectivity index (χ0) is 15.0. The van der Waals surface area contributed by atoms with Gasteiger partial charge in [-0.15, -0.1) is 0 Å².